The summed E-state index contributed by atoms with van der Waals surface area (Å²) >= 11 is 1.58. The van der Waals surface area contributed by atoms with E-state index in [-0.39, 0.29) is 5.97 Å². The number of carbonyl (C=O) groups is 1. The monoisotopic (exact) mass is 288 g/mol. The number of ether oxygens (including phenoxy) is 1. The third-order valence-electron chi connectivity index (χ3n) is 2.93. The highest BCUT2D eigenvalue weighted by molar-refractivity contribution is 7.10. The highest BCUT2D eigenvalue weighted by Crippen LogP contribution is 2.33. The largest absolute Gasteiger partial charge is 0.456 e. The molecule has 0 aliphatic rings. The van der Waals surface area contributed by atoms with Gasteiger partial charge in [-0.1, -0.05) is 29.8 Å². The Morgan fingerprint density at radius 2 is 1.70 bits per heavy atom. The summed E-state index contributed by atoms with van der Waals surface area (Å²) < 4.78 is 5.49. The predicted molar refractivity (Wildman–Crippen MR) is 84.4 cm³/mol. The zero-order valence-corrected chi connectivity index (χ0v) is 13.4. The highest BCUT2D eigenvalue weighted by Gasteiger charge is 2.23. The average Bonchev–Trinajstić information content (AvgIpc) is 2.70. The molecule has 0 bridgehead atoms. The van der Waals surface area contributed by atoms with Gasteiger partial charge in [0.05, 0.1) is 5.56 Å². The van der Waals surface area contributed by atoms with E-state index in [1.54, 1.807) is 11.3 Å². The lowest BCUT2D eigenvalue weighted by molar-refractivity contribution is 0.00710. The molecule has 0 N–H and O–H groups in total. The average molecular weight is 288 g/mol. The Morgan fingerprint density at radius 1 is 1.10 bits per heavy atom. The quantitative estimate of drug-likeness (QED) is 0.728. The van der Waals surface area contributed by atoms with Crippen molar-refractivity contribution in [1.29, 1.82) is 0 Å². The lowest BCUT2D eigenvalue weighted by Gasteiger charge is -2.19. The molecule has 0 spiro atoms. The van der Waals surface area contributed by atoms with Crippen LogP contribution in [0, 0.1) is 13.8 Å². The first-order chi connectivity index (χ1) is 9.28. The SMILES string of the molecule is Cc1ccc(-c2c(C(=O)OC(C)(C)C)csc2C)cc1. The van der Waals surface area contributed by atoms with Gasteiger partial charge in [-0.25, -0.2) is 4.79 Å². The summed E-state index contributed by atoms with van der Waals surface area (Å²) in [4.78, 5) is 13.5. The molecule has 0 saturated carbocycles. The summed E-state index contributed by atoms with van der Waals surface area (Å²) in [5, 5.41) is 1.89. The van der Waals surface area contributed by atoms with Crippen LogP contribution < -0.4 is 0 Å². The summed E-state index contributed by atoms with van der Waals surface area (Å²) in [6, 6.07) is 8.23. The van der Waals surface area contributed by atoms with Crippen LogP contribution in [0.2, 0.25) is 0 Å². The minimum Gasteiger partial charge on any atom is -0.456 e. The Hall–Kier alpha value is -1.61. The standard InChI is InChI=1S/C17H20O2S/c1-11-6-8-13(9-7-11)15-12(2)20-10-14(15)16(18)19-17(3,4)5/h6-10H,1-5H3. The van der Waals surface area contributed by atoms with Crippen LogP contribution in [0.5, 0.6) is 0 Å². The third-order valence-corrected chi connectivity index (χ3v) is 3.85. The maximum Gasteiger partial charge on any atom is 0.340 e. The predicted octanol–water partition coefficient (Wildman–Crippen LogP) is 4.99. The van der Waals surface area contributed by atoms with Crippen LogP contribution in [-0.4, -0.2) is 11.6 Å². The van der Waals surface area contributed by atoms with Gasteiger partial charge in [0.2, 0.25) is 0 Å². The maximum absolute atomic E-state index is 12.3. The van der Waals surface area contributed by atoms with Gasteiger partial charge in [-0.05, 0) is 40.2 Å². The normalized spacial score (nSPS) is 11.4. The number of rotatable bonds is 2. The minimum absolute atomic E-state index is 0.252. The molecule has 1 heterocycles. The number of thiophene rings is 1. The van der Waals surface area contributed by atoms with Gasteiger partial charge in [0, 0.05) is 15.8 Å². The van der Waals surface area contributed by atoms with Crippen LogP contribution in [0.3, 0.4) is 0 Å². The molecule has 2 aromatic rings. The van der Waals surface area contributed by atoms with Gasteiger partial charge in [0.25, 0.3) is 0 Å². The Balaban J connectivity index is 2.42. The number of benzene rings is 1. The molecular weight excluding hydrogens is 268 g/mol. The van der Waals surface area contributed by atoms with Crippen LogP contribution in [0.4, 0.5) is 0 Å². The fourth-order valence-corrected chi connectivity index (χ4v) is 2.87. The molecule has 1 aromatic heterocycles. The van der Waals surface area contributed by atoms with Gasteiger partial charge in [-0.2, -0.15) is 0 Å². The Labute approximate surface area is 124 Å². The van der Waals surface area contributed by atoms with Gasteiger partial charge in [0.1, 0.15) is 5.60 Å². The van der Waals surface area contributed by atoms with E-state index >= 15 is 0 Å². The molecule has 0 atom stereocenters. The molecule has 0 radical (unpaired) electrons. The molecule has 2 rings (SSSR count). The fourth-order valence-electron chi connectivity index (χ4n) is 2.02. The van der Waals surface area contributed by atoms with Crippen molar-refractivity contribution >= 4 is 17.3 Å². The second kappa shape index (κ2) is 5.41. The molecule has 106 valence electrons. The first-order valence-electron chi connectivity index (χ1n) is 6.66. The van der Waals surface area contributed by atoms with Gasteiger partial charge >= 0.3 is 5.97 Å². The van der Waals surface area contributed by atoms with Crippen molar-refractivity contribution in [1.82, 2.24) is 0 Å². The van der Waals surface area contributed by atoms with Gasteiger partial charge in [-0.15, -0.1) is 11.3 Å². The lowest BCUT2D eigenvalue weighted by Crippen LogP contribution is -2.23. The van der Waals surface area contributed by atoms with Crippen molar-refractivity contribution in [3.05, 3.63) is 45.6 Å². The van der Waals surface area contributed by atoms with E-state index in [1.165, 1.54) is 5.56 Å². The molecular formula is C17H20O2S. The van der Waals surface area contributed by atoms with Crippen molar-refractivity contribution in [2.45, 2.75) is 40.2 Å². The zero-order chi connectivity index (χ0) is 14.9. The number of esters is 1. The summed E-state index contributed by atoms with van der Waals surface area (Å²) in [7, 11) is 0. The van der Waals surface area contributed by atoms with E-state index in [9.17, 15) is 4.79 Å². The minimum atomic E-state index is -0.475. The first-order valence-corrected chi connectivity index (χ1v) is 7.54. The number of aryl methyl sites for hydroxylation is 2. The number of hydrogen-bond donors (Lipinski definition) is 0. The fraction of sp³-hybridized carbons (Fsp3) is 0.353. The van der Waals surface area contributed by atoms with Crippen LogP contribution in [0.1, 0.15) is 41.6 Å². The first kappa shape index (κ1) is 14.8. The molecule has 0 saturated heterocycles. The van der Waals surface area contributed by atoms with Crippen molar-refractivity contribution in [3.8, 4) is 11.1 Å². The molecule has 0 fully saturated rings. The van der Waals surface area contributed by atoms with Crippen LogP contribution >= 0.6 is 11.3 Å². The van der Waals surface area contributed by atoms with Crippen LogP contribution in [0.25, 0.3) is 11.1 Å². The van der Waals surface area contributed by atoms with Gasteiger partial charge < -0.3 is 4.74 Å². The molecule has 0 aliphatic heterocycles. The molecule has 20 heavy (non-hydrogen) atoms. The van der Waals surface area contributed by atoms with Crippen LogP contribution in [0.15, 0.2) is 29.6 Å². The summed E-state index contributed by atoms with van der Waals surface area (Å²) in [5.74, 6) is -0.252. The highest BCUT2D eigenvalue weighted by atomic mass is 32.1. The van der Waals surface area contributed by atoms with Crippen LogP contribution in [-0.2, 0) is 4.74 Å². The van der Waals surface area contributed by atoms with Crippen molar-refractivity contribution < 1.29 is 9.53 Å². The Kier molecular flexibility index (Phi) is 4.00. The molecule has 3 heteroatoms. The Bertz CT molecular complexity index is 615. The smallest absolute Gasteiger partial charge is 0.340 e. The van der Waals surface area contributed by atoms with Gasteiger partial charge in [-0.3, -0.25) is 0 Å². The topological polar surface area (TPSA) is 26.3 Å². The number of hydrogen-bond acceptors (Lipinski definition) is 3. The van der Waals surface area contributed by atoms with E-state index < -0.39 is 5.60 Å². The maximum atomic E-state index is 12.3. The van der Waals surface area contributed by atoms with E-state index in [0.29, 0.717) is 5.56 Å². The van der Waals surface area contributed by atoms with E-state index in [1.807, 2.05) is 33.1 Å². The molecule has 0 amide bonds. The summed E-state index contributed by atoms with van der Waals surface area (Å²) in [6.45, 7) is 9.74. The second-order valence-corrected chi connectivity index (χ2v) is 7.03. The van der Waals surface area contributed by atoms with Crippen molar-refractivity contribution in [3.63, 3.8) is 0 Å². The van der Waals surface area contributed by atoms with Crippen molar-refractivity contribution in [2.24, 2.45) is 0 Å². The second-order valence-electron chi connectivity index (χ2n) is 5.95. The summed E-state index contributed by atoms with van der Waals surface area (Å²) in [5.41, 5.74) is 3.45. The van der Waals surface area contributed by atoms with Crippen molar-refractivity contribution in [2.75, 3.05) is 0 Å². The molecule has 2 nitrogen and oxygen atoms in total. The molecule has 0 unspecified atom stereocenters. The molecule has 0 aliphatic carbocycles. The molecule has 1 aromatic carbocycles. The lowest BCUT2D eigenvalue weighted by atomic mass is 10.0. The van der Waals surface area contributed by atoms with E-state index in [2.05, 4.69) is 31.2 Å². The Morgan fingerprint density at radius 3 is 2.25 bits per heavy atom. The van der Waals surface area contributed by atoms with E-state index in [4.69, 9.17) is 4.74 Å². The van der Waals surface area contributed by atoms with Gasteiger partial charge in [0.15, 0.2) is 0 Å². The summed E-state index contributed by atoms with van der Waals surface area (Å²) in [6.07, 6.45) is 0. The van der Waals surface area contributed by atoms with E-state index in [0.717, 1.165) is 16.0 Å². The third kappa shape index (κ3) is 3.28. The zero-order valence-electron chi connectivity index (χ0n) is 12.6. The number of carbonyl (C=O) groups excluding carboxylic acids is 1.